The van der Waals surface area contributed by atoms with Gasteiger partial charge in [0.25, 0.3) is 5.91 Å². The minimum Gasteiger partial charge on any atom is -0.495 e. The number of piperidine rings is 1. The zero-order valence-electron chi connectivity index (χ0n) is 16.1. The number of nitrogens with one attached hydrogen (secondary N) is 3. The van der Waals surface area contributed by atoms with Gasteiger partial charge in [-0.3, -0.25) is 4.79 Å². The largest absolute Gasteiger partial charge is 0.495 e. The molecule has 0 aromatic heterocycles. The van der Waals surface area contributed by atoms with Crippen LogP contribution in [0.4, 0.5) is 5.69 Å². The summed E-state index contributed by atoms with van der Waals surface area (Å²) < 4.78 is 5.22. The van der Waals surface area contributed by atoms with Gasteiger partial charge in [0.15, 0.2) is 0 Å². The minimum absolute atomic E-state index is 0.0142. The van der Waals surface area contributed by atoms with Gasteiger partial charge in [-0.25, -0.2) is 0 Å². The highest BCUT2D eigenvalue weighted by atomic mass is 16.5. The van der Waals surface area contributed by atoms with Gasteiger partial charge >= 0.3 is 0 Å². The Kier molecular flexibility index (Phi) is 5.94. The van der Waals surface area contributed by atoms with Crippen LogP contribution >= 0.6 is 0 Å². The molecular formula is C20H28N4O2. The van der Waals surface area contributed by atoms with Crippen molar-refractivity contribution >= 4 is 11.6 Å². The SMILES string of the molecule is COc1ccccc1NC(=O)/C(C#N)=C\NC1CC(C)(C)NC(C)(C)C1. The van der Waals surface area contributed by atoms with Crippen molar-refractivity contribution < 1.29 is 9.53 Å². The Morgan fingerprint density at radius 1 is 1.27 bits per heavy atom. The maximum Gasteiger partial charge on any atom is 0.267 e. The highest BCUT2D eigenvalue weighted by molar-refractivity contribution is 6.07. The second-order valence-electron chi connectivity index (χ2n) is 7.99. The average Bonchev–Trinajstić information content (AvgIpc) is 2.53. The predicted octanol–water partition coefficient (Wildman–Crippen LogP) is 2.94. The predicted molar refractivity (Wildman–Crippen MR) is 103 cm³/mol. The number of hydrogen-bond donors (Lipinski definition) is 3. The van der Waals surface area contributed by atoms with E-state index in [1.54, 1.807) is 18.2 Å². The van der Waals surface area contributed by atoms with Gasteiger partial charge in [-0.05, 0) is 52.7 Å². The Morgan fingerprint density at radius 3 is 2.46 bits per heavy atom. The molecule has 0 aliphatic carbocycles. The molecular weight excluding hydrogens is 328 g/mol. The summed E-state index contributed by atoms with van der Waals surface area (Å²) in [6.45, 7) is 8.63. The Hall–Kier alpha value is -2.52. The van der Waals surface area contributed by atoms with Gasteiger partial charge < -0.3 is 20.7 Å². The van der Waals surface area contributed by atoms with Crippen LogP contribution in [0.2, 0.25) is 0 Å². The summed E-state index contributed by atoms with van der Waals surface area (Å²) in [6, 6.07) is 9.25. The van der Waals surface area contributed by atoms with E-state index in [1.165, 1.54) is 13.3 Å². The molecule has 0 radical (unpaired) electrons. The lowest BCUT2D eigenvalue weighted by atomic mass is 9.80. The number of nitrogens with zero attached hydrogens (tertiary/aromatic N) is 1. The van der Waals surface area contributed by atoms with Gasteiger partial charge in [0.1, 0.15) is 17.4 Å². The second-order valence-corrected chi connectivity index (χ2v) is 7.99. The fourth-order valence-electron chi connectivity index (χ4n) is 3.73. The van der Waals surface area contributed by atoms with E-state index in [-0.39, 0.29) is 22.7 Å². The molecule has 3 N–H and O–H groups in total. The lowest BCUT2D eigenvalue weighted by Gasteiger charge is -2.46. The normalized spacial score (nSPS) is 19.3. The zero-order chi connectivity index (χ0) is 19.4. The van der Waals surface area contributed by atoms with Crippen LogP contribution < -0.4 is 20.7 Å². The van der Waals surface area contributed by atoms with E-state index < -0.39 is 5.91 Å². The van der Waals surface area contributed by atoms with Crippen molar-refractivity contribution in [3.63, 3.8) is 0 Å². The number of rotatable bonds is 5. The van der Waals surface area contributed by atoms with Crippen molar-refractivity contribution in [3.8, 4) is 11.8 Å². The molecule has 6 heteroatoms. The van der Waals surface area contributed by atoms with Gasteiger partial charge in [0.05, 0.1) is 12.8 Å². The maximum absolute atomic E-state index is 12.4. The van der Waals surface area contributed by atoms with Crippen molar-refractivity contribution in [2.45, 2.75) is 57.7 Å². The van der Waals surface area contributed by atoms with E-state index in [1.807, 2.05) is 12.1 Å². The number of carbonyl (C=O) groups is 1. The topological polar surface area (TPSA) is 86.2 Å². The maximum atomic E-state index is 12.4. The van der Waals surface area contributed by atoms with E-state index in [9.17, 15) is 10.1 Å². The third-order valence-electron chi connectivity index (χ3n) is 4.37. The molecule has 2 rings (SSSR count). The van der Waals surface area contributed by atoms with Crippen molar-refractivity contribution in [2.24, 2.45) is 0 Å². The van der Waals surface area contributed by atoms with E-state index in [4.69, 9.17) is 4.74 Å². The standard InChI is InChI=1S/C20H28N4O2/c1-19(2)10-15(11-20(3,4)24-19)22-13-14(12-21)18(25)23-16-8-6-7-9-17(16)26-5/h6-9,13,15,22,24H,10-11H2,1-5H3,(H,23,25)/b14-13-. The summed E-state index contributed by atoms with van der Waals surface area (Å²) in [5, 5.41) is 19.0. The highest BCUT2D eigenvalue weighted by Crippen LogP contribution is 2.28. The van der Waals surface area contributed by atoms with Crippen molar-refractivity contribution in [1.82, 2.24) is 10.6 Å². The molecule has 1 aromatic rings. The highest BCUT2D eigenvalue weighted by Gasteiger charge is 2.37. The van der Waals surface area contributed by atoms with Crippen LogP contribution in [0.1, 0.15) is 40.5 Å². The van der Waals surface area contributed by atoms with Gasteiger partial charge in [-0.2, -0.15) is 5.26 Å². The van der Waals surface area contributed by atoms with Gasteiger partial charge in [0.2, 0.25) is 0 Å². The number of anilines is 1. The van der Waals surface area contributed by atoms with E-state index in [2.05, 4.69) is 43.6 Å². The number of para-hydroxylation sites is 2. The third-order valence-corrected chi connectivity index (χ3v) is 4.37. The average molecular weight is 356 g/mol. The first kappa shape index (κ1) is 19.8. The fourth-order valence-corrected chi connectivity index (χ4v) is 3.73. The third kappa shape index (κ3) is 5.24. The number of methoxy groups -OCH3 is 1. The first-order valence-corrected chi connectivity index (χ1v) is 8.76. The first-order valence-electron chi connectivity index (χ1n) is 8.76. The summed E-state index contributed by atoms with van der Waals surface area (Å²) in [5.74, 6) is 0.0879. The first-order chi connectivity index (χ1) is 12.2. The molecule has 0 bridgehead atoms. The molecule has 1 aliphatic heterocycles. The number of hydrogen-bond acceptors (Lipinski definition) is 5. The Bertz CT molecular complexity index is 716. The molecule has 1 fully saturated rings. The molecule has 1 aliphatic rings. The number of amides is 1. The Balaban J connectivity index is 2.08. The fraction of sp³-hybridized carbons (Fsp3) is 0.500. The molecule has 140 valence electrons. The molecule has 0 saturated carbocycles. The smallest absolute Gasteiger partial charge is 0.267 e. The number of nitriles is 1. The lowest BCUT2D eigenvalue weighted by molar-refractivity contribution is -0.112. The van der Waals surface area contributed by atoms with Crippen molar-refractivity contribution in [3.05, 3.63) is 36.0 Å². The molecule has 26 heavy (non-hydrogen) atoms. The van der Waals surface area contributed by atoms with Crippen LogP contribution in [-0.2, 0) is 4.79 Å². The molecule has 0 spiro atoms. The zero-order valence-corrected chi connectivity index (χ0v) is 16.1. The molecule has 1 heterocycles. The number of carbonyl (C=O) groups excluding carboxylic acids is 1. The van der Waals surface area contributed by atoms with Crippen LogP contribution in [0.5, 0.6) is 5.75 Å². The molecule has 0 unspecified atom stereocenters. The van der Waals surface area contributed by atoms with Gasteiger partial charge in [-0.1, -0.05) is 12.1 Å². The van der Waals surface area contributed by atoms with Crippen LogP contribution in [-0.4, -0.2) is 30.1 Å². The molecule has 1 saturated heterocycles. The second kappa shape index (κ2) is 7.79. The monoisotopic (exact) mass is 356 g/mol. The Morgan fingerprint density at radius 2 is 1.88 bits per heavy atom. The van der Waals surface area contributed by atoms with E-state index in [0.29, 0.717) is 11.4 Å². The summed E-state index contributed by atoms with van der Waals surface area (Å²) >= 11 is 0. The Labute approximate surface area is 155 Å². The van der Waals surface area contributed by atoms with Crippen LogP contribution in [0.15, 0.2) is 36.0 Å². The van der Waals surface area contributed by atoms with Crippen molar-refractivity contribution in [2.75, 3.05) is 12.4 Å². The quantitative estimate of drug-likeness (QED) is 0.558. The summed E-state index contributed by atoms with van der Waals surface area (Å²) in [7, 11) is 1.54. The van der Waals surface area contributed by atoms with E-state index in [0.717, 1.165) is 12.8 Å². The molecule has 1 amide bonds. The molecule has 0 atom stereocenters. The summed E-state index contributed by atoms with van der Waals surface area (Å²) in [5.41, 5.74) is 0.537. The van der Waals surface area contributed by atoms with E-state index >= 15 is 0 Å². The number of ether oxygens (including phenoxy) is 1. The lowest BCUT2D eigenvalue weighted by Crippen LogP contribution is -2.61. The number of benzene rings is 1. The summed E-state index contributed by atoms with van der Waals surface area (Å²) in [4.78, 5) is 12.4. The minimum atomic E-state index is -0.461. The molecule has 6 nitrogen and oxygen atoms in total. The molecule has 1 aromatic carbocycles. The van der Waals surface area contributed by atoms with Crippen LogP contribution in [0.25, 0.3) is 0 Å². The van der Waals surface area contributed by atoms with Crippen LogP contribution in [0.3, 0.4) is 0 Å². The van der Waals surface area contributed by atoms with Gasteiger partial charge in [-0.15, -0.1) is 0 Å². The van der Waals surface area contributed by atoms with Gasteiger partial charge in [0, 0.05) is 23.3 Å². The van der Waals surface area contributed by atoms with Crippen molar-refractivity contribution in [1.29, 1.82) is 5.26 Å². The van der Waals surface area contributed by atoms with Crippen LogP contribution in [0, 0.1) is 11.3 Å². The summed E-state index contributed by atoms with van der Waals surface area (Å²) in [6.07, 6.45) is 3.33.